The summed E-state index contributed by atoms with van der Waals surface area (Å²) in [7, 11) is 0. The van der Waals surface area contributed by atoms with Gasteiger partial charge in [0.05, 0.1) is 5.39 Å². The lowest BCUT2D eigenvalue weighted by Gasteiger charge is -2.24. The molecule has 146 valence electrons. The molecule has 3 rings (SSSR count). The molecule has 0 bridgehead atoms. The van der Waals surface area contributed by atoms with Gasteiger partial charge in [0.2, 0.25) is 0 Å². The maximum absolute atomic E-state index is 13.1. The number of aryl methyl sites for hydroxylation is 2. The Labute approximate surface area is 161 Å². The molecule has 8 heteroatoms. The number of carbonyl (C=O) groups excluding carboxylic acids is 1. The van der Waals surface area contributed by atoms with Crippen molar-refractivity contribution in [1.82, 2.24) is 9.55 Å². The van der Waals surface area contributed by atoms with Crippen LogP contribution in [0.3, 0.4) is 0 Å². The second-order valence-electron chi connectivity index (χ2n) is 7.57. The zero-order chi connectivity index (χ0) is 19.9. The van der Waals surface area contributed by atoms with Crippen LogP contribution >= 0.6 is 11.3 Å². The van der Waals surface area contributed by atoms with Crippen LogP contribution in [0.25, 0.3) is 10.2 Å². The van der Waals surface area contributed by atoms with E-state index in [9.17, 15) is 19.5 Å². The first-order chi connectivity index (χ1) is 12.6. The summed E-state index contributed by atoms with van der Waals surface area (Å²) in [6.07, 6.45) is 4.93. The van der Waals surface area contributed by atoms with Gasteiger partial charge < -0.3 is 9.84 Å². The van der Waals surface area contributed by atoms with Crippen molar-refractivity contribution in [2.24, 2.45) is 0 Å². The number of esters is 1. The van der Waals surface area contributed by atoms with E-state index in [-0.39, 0.29) is 11.5 Å². The Kier molecular flexibility index (Phi) is 5.12. The number of ether oxygens (including phenoxy) is 1. The Balaban J connectivity index is 2.07. The minimum absolute atomic E-state index is 0.0758. The average molecular weight is 392 g/mol. The van der Waals surface area contributed by atoms with E-state index in [4.69, 9.17) is 4.74 Å². The zero-order valence-electron chi connectivity index (χ0n) is 16.0. The third kappa shape index (κ3) is 3.38. The van der Waals surface area contributed by atoms with E-state index in [1.54, 1.807) is 13.8 Å². The summed E-state index contributed by atoms with van der Waals surface area (Å²) < 4.78 is 6.81. The molecule has 7 nitrogen and oxygen atoms in total. The van der Waals surface area contributed by atoms with E-state index < -0.39 is 23.0 Å². The topological polar surface area (TPSA) is 98.5 Å². The quantitative estimate of drug-likeness (QED) is 0.801. The molecular formula is C19H24N2O5S. The lowest BCUT2D eigenvalue weighted by Crippen LogP contribution is -2.44. The molecule has 0 amide bonds. The number of fused-ring (bicyclic) bond motifs is 1. The number of aromatic nitrogens is 2. The molecule has 0 radical (unpaired) electrons. The number of hydrogen-bond donors (Lipinski definition) is 1. The van der Waals surface area contributed by atoms with Gasteiger partial charge >= 0.3 is 11.9 Å². The lowest BCUT2D eigenvalue weighted by atomic mass is 9.98. The average Bonchev–Trinajstić information content (AvgIpc) is 2.92. The molecule has 0 saturated heterocycles. The third-order valence-corrected chi connectivity index (χ3v) is 6.39. The summed E-state index contributed by atoms with van der Waals surface area (Å²) in [5, 5.41) is 9.79. The van der Waals surface area contributed by atoms with Crippen molar-refractivity contribution in [2.45, 2.75) is 71.4 Å². The number of nitrogens with zero attached hydrogens (tertiary/aromatic N) is 2. The fourth-order valence-corrected chi connectivity index (χ4v) is 4.72. The van der Waals surface area contributed by atoms with Gasteiger partial charge in [-0.1, -0.05) is 6.42 Å². The van der Waals surface area contributed by atoms with Crippen molar-refractivity contribution in [3.05, 3.63) is 26.6 Å². The number of carbonyl (C=O) groups is 2. The van der Waals surface area contributed by atoms with Crippen LogP contribution in [-0.4, -0.2) is 32.7 Å². The molecule has 2 aromatic rings. The van der Waals surface area contributed by atoms with E-state index >= 15 is 0 Å². The second kappa shape index (κ2) is 7.07. The first kappa shape index (κ1) is 19.5. The highest BCUT2D eigenvalue weighted by Gasteiger charge is 2.34. The van der Waals surface area contributed by atoms with E-state index in [1.807, 2.05) is 0 Å². The molecular weight excluding hydrogens is 368 g/mol. The van der Waals surface area contributed by atoms with E-state index in [0.29, 0.717) is 21.1 Å². The van der Waals surface area contributed by atoms with Crippen molar-refractivity contribution in [3.63, 3.8) is 0 Å². The van der Waals surface area contributed by atoms with Crippen LogP contribution in [0.1, 0.15) is 67.0 Å². The molecule has 2 heterocycles. The Morgan fingerprint density at radius 1 is 1.22 bits per heavy atom. The predicted octanol–water partition coefficient (Wildman–Crippen LogP) is 3.38. The summed E-state index contributed by atoms with van der Waals surface area (Å²) in [6, 6.07) is 0. The van der Waals surface area contributed by atoms with E-state index in [2.05, 4.69) is 4.98 Å². The molecule has 0 aromatic carbocycles. The van der Waals surface area contributed by atoms with Crippen molar-refractivity contribution in [1.29, 1.82) is 0 Å². The fraction of sp³-hybridized carbons (Fsp3) is 0.579. The van der Waals surface area contributed by atoms with Crippen LogP contribution in [0.15, 0.2) is 4.79 Å². The number of hydrogen-bond acceptors (Lipinski definition) is 6. The number of carboxylic acids is 1. The zero-order valence-corrected chi connectivity index (χ0v) is 16.8. The molecule has 0 aliphatic heterocycles. The van der Waals surface area contributed by atoms with Crippen molar-refractivity contribution >= 4 is 33.5 Å². The standard InChI is InChI=1S/C19H24N2O5S/c1-10-13-15(20-11(2)21(16(13)22)19(3,4)18(24)25)27-14(10)17(23)26-12-8-6-5-7-9-12/h12H,5-9H2,1-4H3,(H,24,25). The minimum atomic E-state index is -1.44. The van der Waals surface area contributed by atoms with Gasteiger partial charge in [-0.2, -0.15) is 0 Å². The highest BCUT2D eigenvalue weighted by Crippen LogP contribution is 2.30. The smallest absolute Gasteiger partial charge is 0.348 e. The Bertz CT molecular complexity index is 967. The molecule has 27 heavy (non-hydrogen) atoms. The number of rotatable bonds is 4. The predicted molar refractivity (Wildman–Crippen MR) is 103 cm³/mol. The van der Waals surface area contributed by atoms with Gasteiger partial charge in [0.25, 0.3) is 5.56 Å². The number of thiophene rings is 1. The summed E-state index contributed by atoms with van der Waals surface area (Å²) in [5.41, 5.74) is -1.39. The Morgan fingerprint density at radius 2 is 1.85 bits per heavy atom. The normalized spacial score (nSPS) is 15.9. The summed E-state index contributed by atoms with van der Waals surface area (Å²) in [5.74, 6) is -1.25. The molecule has 1 fully saturated rings. The third-order valence-electron chi connectivity index (χ3n) is 5.23. The Morgan fingerprint density at radius 3 is 2.44 bits per heavy atom. The fourth-order valence-electron chi connectivity index (χ4n) is 3.62. The van der Waals surface area contributed by atoms with Crippen LogP contribution in [0.2, 0.25) is 0 Å². The van der Waals surface area contributed by atoms with Crippen LogP contribution < -0.4 is 5.56 Å². The SMILES string of the molecule is Cc1c(C(=O)OC2CCCCC2)sc2nc(C)n(C(C)(C)C(=O)O)c(=O)c12. The maximum Gasteiger partial charge on any atom is 0.348 e. The van der Waals surface area contributed by atoms with Crippen molar-refractivity contribution in [3.8, 4) is 0 Å². The monoisotopic (exact) mass is 392 g/mol. The maximum atomic E-state index is 13.1. The van der Waals surface area contributed by atoms with Crippen LogP contribution in [0, 0.1) is 13.8 Å². The van der Waals surface area contributed by atoms with Crippen LogP contribution in [0.4, 0.5) is 0 Å². The molecule has 0 atom stereocenters. The van der Waals surface area contributed by atoms with Gasteiger partial charge in [0, 0.05) is 0 Å². The number of carboxylic acid groups (broad SMARTS) is 1. The van der Waals surface area contributed by atoms with E-state index in [1.165, 1.54) is 18.4 Å². The van der Waals surface area contributed by atoms with Gasteiger partial charge in [-0.3, -0.25) is 9.36 Å². The second-order valence-corrected chi connectivity index (χ2v) is 8.56. The molecule has 0 unspecified atom stereocenters. The molecule has 0 spiro atoms. The molecule has 2 aromatic heterocycles. The lowest BCUT2D eigenvalue weighted by molar-refractivity contribution is -0.145. The summed E-state index contributed by atoms with van der Waals surface area (Å²) in [4.78, 5) is 42.5. The summed E-state index contributed by atoms with van der Waals surface area (Å²) >= 11 is 1.13. The van der Waals surface area contributed by atoms with Crippen LogP contribution in [-0.2, 0) is 15.1 Å². The van der Waals surface area contributed by atoms with E-state index in [0.717, 1.165) is 43.4 Å². The Hall–Kier alpha value is -2.22. The van der Waals surface area contributed by atoms with Gasteiger partial charge in [-0.15, -0.1) is 11.3 Å². The van der Waals surface area contributed by atoms with Gasteiger partial charge in [0.15, 0.2) is 0 Å². The molecule has 1 aliphatic rings. The number of aliphatic carboxylic acids is 1. The first-order valence-electron chi connectivity index (χ1n) is 9.12. The highest BCUT2D eigenvalue weighted by atomic mass is 32.1. The highest BCUT2D eigenvalue weighted by molar-refractivity contribution is 7.20. The van der Waals surface area contributed by atoms with Crippen molar-refractivity contribution in [2.75, 3.05) is 0 Å². The molecule has 1 aliphatic carbocycles. The van der Waals surface area contributed by atoms with Crippen molar-refractivity contribution < 1.29 is 19.4 Å². The first-order valence-corrected chi connectivity index (χ1v) is 9.94. The summed E-state index contributed by atoms with van der Waals surface area (Å²) in [6.45, 7) is 6.20. The van der Waals surface area contributed by atoms with Crippen LogP contribution in [0.5, 0.6) is 0 Å². The molecule has 1 saturated carbocycles. The largest absolute Gasteiger partial charge is 0.480 e. The molecule has 1 N–H and O–H groups in total. The van der Waals surface area contributed by atoms with Gasteiger partial charge in [-0.05, 0) is 58.9 Å². The minimum Gasteiger partial charge on any atom is -0.480 e. The van der Waals surface area contributed by atoms with Gasteiger partial charge in [-0.25, -0.2) is 14.6 Å². The van der Waals surface area contributed by atoms with Gasteiger partial charge in [0.1, 0.15) is 27.2 Å².